The van der Waals surface area contributed by atoms with Gasteiger partial charge in [0, 0.05) is 47.2 Å². The van der Waals surface area contributed by atoms with Crippen LogP contribution in [0.2, 0.25) is 0 Å². The second kappa shape index (κ2) is 9.13. The number of hydrogen-bond donors (Lipinski definition) is 3. The van der Waals surface area contributed by atoms with E-state index >= 15 is 0 Å². The first-order chi connectivity index (χ1) is 15.6. The van der Waals surface area contributed by atoms with Gasteiger partial charge in [-0.3, -0.25) is 14.8 Å². The molecule has 0 unspecified atom stereocenters. The number of nitrogens with one attached hydrogen (secondary N) is 1. The molecule has 1 amide bonds. The Kier molecular flexibility index (Phi) is 5.94. The van der Waals surface area contributed by atoms with Crippen molar-refractivity contribution < 1.29 is 14.7 Å². The van der Waals surface area contributed by atoms with E-state index in [2.05, 4.69) is 20.4 Å². The number of hydrogen-bond acceptors (Lipinski definition) is 6. The lowest BCUT2D eigenvalue weighted by Gasteiger charge is -2.14. The predicted octanol–water partition coefficient (Wildman–Crippen LogP) is 3.76. The first-order valence-corrected chi connectivity index (χ1v) is 9.88. The van der Waals surface area contributed by atoms with Crippen LogP contribution in [0.25, 0.3) is 10.9 Å². The zero-order valence-corrected chi connectivity index (χ0v) is 17.3. The van der Waals surface area contributed by atoms with Crippen molar-refractivity contribution in [3.05, 3.63) is 95.4 Å². The minimum Gasteiger partial charge on any atom is -0.456 e. The third-order valence-electron chi connectivity index (χ3n) is 5.06. The number of rotatable bonds is 6. The molecule has 0 saturated heterocycles. The number of fused-ring (bicyclic) bond motifs is 1. The summed E-state index contributed by atoms with van der Waals surface area (Å²) in [5, 5.41) is 15.6. The highest BCUT2D eigenvalue weighted by Crippen LogP contribution is 2.32. The van der Waals surface area contributed by atoms with E-state index in [1.54, 1.807) is 55.0 Å². The monoisotopic (exact) mass is 427 g/mol. The van der Waals surface area contributed by atoms with Gasteiger partial charge in [0.25, 0.3) is 5.91 Å². The van der Waals surface area contributed by atoms with E-state index in [4.69, 9.17) is 15.7 Å². The Balaban J connectivity index is 1.59. The third kappa shape index (κ3) is 4.34. The molecule has 0 atom stereocenters. The predicted molar refractivity (Wildman–Crippen MR) is 121 cm³/mol. The number of nitrogens with zero attached hydrogens (tertiary/aromatic N) is 3. The van der Waals surface area contributed by atoms with Crippen LogP contribution in [0.5, 0.6) is 11.5 Å². The molecule has 8 heteroatoms. The number of pyridine rings is 2. The van der Waals surface area contributed by atoms with Gasteiger partial charge in [-0.1, -0.05) is 17.3 Å². The van der Waals surface area contributed by atoms with Gasteiger partial charge in [0.2, 0.25) is 0 Å². The summed E-state index contributed by atoms with van der Waals surface area (Å²) in [4.78, 5) is 21.1. The Hall–Kier alpha value is -4.46. The van der Waals surface area contributed by atoms with Crippen molar-refractivity contribution in [3.8, 4) is 11.5 Å². The molecule has 0 spiro atoms. The van der Waals surface area contributed by atoms with Crippen LogP contribution >= 0.6 is 0 Å². The van der Waals surface area contributed by atoms with Crippen molar-refractivity contribution in [3.63, 3.8) is 0 Å². The Morgan fingerprint density at radius 2 is 1.91 bits per heavy atom. The number of oxime groups is 1. The Morgan fingerprint density at radius 1 is 1.09 bits per heavy atom. The highest BCUT2D eigenvalue weighted by Gasteiger charge is 2.14. The van der Waals surface area contributed by atoms with Gasteiger partial charge in [-0.15, -0.1) is 0 Å². The second-order valence-corrected chi connectivity index (χ2v) is 7.10. The van der Waals surface area contributed by atoms with Gasteiger partial charge >= 0.3 is 0 Å². The van der Waals surface area contributed by atoms with Crippen LogP contribution in [-0.2, 0) is 6.54 Å². The molecule has 0 radical (unpaired) electrons. The highest BCUT2D eigenvalue weighted by molar-refractivity contribution is 6.01. The minimum atomic E-state index is -0.187. The van der Waals surface area contributed by atoms with Crippen LogP contribution in [0.3, 0.4) is 0 Å². The van der Waals surface area contributed by atoms with Crippen LogP contribution in [-0.4, -0.2) is 26.9 Å². The quantitative estimate of drug-likeness (QED) is 0.186. The van der Waals surface area contributed by atoms with E-state index in [0.29, 0.717) is 34.7 Å². The van der Waals surface area contributed by atoms with Gasteiger partial charge in [-0.05, 0) is 55.0 Å². The summed E-state index contributed by atoms with van der Waals surface area (Å²) in [5.41, 5.74) is 9.08. The van der Waals surface area contributed by atoms with Crippen molar-refractivity contribution in [1.82, 2.24) is 15.3 Å². The third-order valence-corrected chi connectivity index (χ3v) is 5.06. The smallest absolute Gasteiger partial charge is 0.251 e. The SMILES string of the molecule is Cc1c(Oc2ccnc3cc(/C(N)=N/O)ccc23)cccc1C(=O)NCc1ccncc1. The molecule has 0 aliphatic rings. The summed E-state index contributed by atoms with van der Waals surface area (Å²) in [6.07, 6.45) is 5.00. The van der Waals surface area contributed by atoms with E-state index in [1.807, 2.05) is 25.1 Å². The average molecular weight is 427 g/mol. The second-order valence-electron chi connectivity index (χ2n) is 7.10. The van der Waals surface area contributed by atoms with E-state index in [9.17, 15) is 4.79 Å². The molecule has 0 fully saturated rings. The van der Waals surface area contributed by atoms with Crippen molar-refractivity contribution >= 4 is 22.6 Å². The molecule has 2 aromatic heterocycles. The van der Waals surface area contributed by atoms with Crippen LogP contribution in [0, 0.1) is 6.92 Å². The zero-order chi connectivity index (χ0) is 22.5. The first kappa shape index (κ1) is 20.8. The van der Waals surface area contributed by atoms with E-state index < -0.39 is 0 Å². The fraction of sp³-hybridized carbons (Fsp3) is 0.0833. The maximum Gasteiger partial charge on any atom is 0.251 e. The summed E-state index contributed by atoms with van der Waals surface area (Å²) in [5.74, 6) is 0.960. The molecule has 160 valence electrons. The van der Waals surface area contributed by atoms with Gasteiger partial charge in [0.05, 0.1) is 5.52 Å². The van der Waals surface area contributed by atoms with Gasteiger partial charge in [0.15, 0.2) is 5.84 Å². The number of benzene rings is 2. The number of ether oxygens (including phenoxy) is 1. The summed E-state index contributed by atoms with van der Waals surface area (Å²) in [6.45, 7) is 2.25. The summed E-state index contributed by atoms with van der Waals surface area (Å²) in [7, 11) is 0. The maximum absolute atomic E-state index is 12.7. The minimum absolute atomic E-state index is 0.00125. The number of carbonyl (C=O) groups is 1. The zero-order valence-electron chi connectivity index (χ0n) is 17.3. The van der Waals surface area contributed by atoms with E-state index in [-0.39, 0.29) is 11.7 Å². The maximum atomic E-state index is 12.7. The lowest BCUT2D eigenvalue weighted by molar-refractivity contribution is 0.0950. The number of amidine groups is 1. The summed E-state index contributed by atoms with van der Waals surface area (Å²) >= 11 is 0. The highest BCUT2D eigenvalue weighted by atomic mass is 16.5. The summed E-state index contributed by atoms with van der Waals surface area (Å²) < 4.78 is 6.16. The molecule has 8 nitrogen and oxygen atoms in total. The van der Waals surface area contributed by atoms with Crippen molar-refractivity contribution in [2.45, 2.75) is 13.5 Å². The normalized spacial score (nSPS) is 11.3. The van der Waals surface area contributed by atoms with Crippen molar-refractivity contribution in [2.24, 2.45) is 10.9 Å². The molecule has 0 aliphatic carbocycles. The number of aromatic nitrogens is 2. The van der Waals surface area contributed by atoms with Crippen molar-refractivity contribution in [2.75, 3.05) is 0 Å². The van der Waals surface area contributed by atoms with E-state index in [1.165, 1.54) is 0 Å². The standard InChI is InChI=1S/C24H21N5O3/c1-15-18(24(30)28-14-16-7-10-26-11-8-16)3-2-4-21(15)32-22-9-12-27-20-13-17(23(25)29-31)5-6-19(20)22/h2-13,31H,14H2,1H3,(H2,25,29)(H,28,30). The molecule has 2 heterocycles. The molecule has 2 aromatic carbocycles. The Labute approximate surface area is 184 Å². The van der Waals surface area contributed by atoms with Crippen LogP contribution < -0.4 is 15.8 Å². The first-order valence-electron chi connectivity index (χ1n) is 9.88. The largest absolute Gasteiger partial charge is 0.456 e. The molecule has 4 aromatic rings. The van der Waals surface area contributed by atoms with Gasteiger partial charge in [-0.2, -0.15) is 0 Å². The Bertz CT molecular complexity index is 1310. The van der Waals surface area contributed by atoms with E-state index in [0.717, 1.165) is 16.5 Å². The van der Waals surface area contributed by atoms with Crippen LogP contribution in [0.15, 0.2) is 78.3 Å². The molecular weight excluding hydrogens is 406 g/mol. The lowest BCUT2D eigenvalue weighted by atomic mass is 10.1. The Morgan fingerprint density at radius 3 is 2.69 bits per heavy atom. The molecule has 0 saturated carbocycles. The molecule has 0 bridgehead atoms. The lowest BCUT2D eigenvalue weighted by Crippen LogP contribution is -2.23. The molecule has 32 heavy (non-hydrogen) atoms. The van der Waals surface area contributed by atoms with Gasteiger partial charge < -0.3 is 21.0 Å². The topological polar surface area (TPSA) is 123 Å². The van der Waals surface area contributed by atoms with Crippen LogP contribution in [0.1, 0.15) is 27.0 Å². The number of carbonyl (C=O) groups excluding carboxylic acids is 1. The molecule has 4 rings (SSSR count). The number of amides is 1. The molecular formula is C24H21N5O3. The fourth-order valence-corrected chi connectivity index (χ4v) is 3.30. The molecule has 0 aliphatic heterocycles. The van der Waals surface area contributed by atoms with Crippen molar-refractivity contribution in [1.29, 1.82) is 0 Å². The number of nitrogens with two attached hydrogens (primary N) is 1. The van der Waals surface area contributed by atoms with Gasteiger partial charge in [-0.25, -0.2) is 0 Å². The average Bonchev–Trinajstić information content (AvgIpc) is 2.83. The molecule has 4 N–H and O–H groups in total. The fourth-order valence-electron chi connectivity index (χ4n) is 3.30. The van der Waals surface area contributed by atoms with Gasteiger partial charge in [0.1, 0.15) is 11.5 Å². The summed E-state index contributed by atoms with van der Waals surface area (Å²) in [6, 6.07) is 16.1. The van der Waals surface area contributed by atoms with Crippen LogP contribution in [0.4, 0.5) is 0 Å².